The first-order valence-corrected chi connectivity index (χ1v) is 6.23. The largest absolute Gasteiger partial charge is 0.490 e. The number of aliphatic hydroxyl groups excluding tert-OH is 2. The number of fused-ring (bicyclic) bond motifs is 1. The van der Waals surface area contributed by atoms with Crippen LogP contribution in [0.25, 0.3) is 10.8 Å². The van der Waals surface area contributed by atoms with E-state index in [1.165, 1.54) is 6.07 Å². The summed E-state index contributed by atoms with van der Waals surface area (Å²) < 4.78 is 5.24. The van der Waals surface area contributed by atoms with Gasteiger partial charge in [-0.05, 0) is 22.9 Å². The predicted molar refractivity (Wildman–Crippen MR) is 74.5 cm³/mol. The summed E-state index contributed by atoms with van der Waals surface area (Å²) in [5.74, 6) is -1.10. The summed E-state index contributed by atoms with van der Waals surface area (Å²) in [7, 11) is 0. The Hall–Kier alpha value is -2.44. The number of carbonyl (C=O) groups excluding carboxylic acids is 1. The van der Waals surface area contributed by atoms with E-state index in [1.54, 1.807) is 30.3 Å². The van der Waals surface area contributed by atoms with Crippen molar-refractivity contribution in [1.82, 2.24) is 0 Å². The van der Waals surface area contributed by atoms with Crippen LogP contribution >= 0.6 is 0 Å². The molecule has 0 aromatic heterocycles. The van der Waals surface area contributed by atoms with Crippen LogP contribution in [0.4, 0.5) is 0 Å². The summed E-state index contributed by atoms with van der Waals surface area (Å²) in [4.78, 5) is 21.6. The molecule has 0 aliphatic carbocycles. The van der Waals surface area contributed by atoms with Gasteiger partial charge in [0.05, 0.1) is 0 Å². The molecule has 0 saturated heterocycles. The van der Waals surface area contributed by atoms with Crippen LogP contribution in [0.1, 0.15) is 10.4 Å². The van der Waals surface area contributed by atoms with Crippen molar-refractivity contribution in [3.63, 3.8) is 0 Å². The van der Waals surface area contributed by atoms with Crippen molar-refractivity contribution >= 4 is 23.0 Å². The van der Waals surface area contributed by atoms with Crippen molar-refractivity contribution in [3.05, 3.63) is 42.0 Å². The van der Waals surface area contributed by atoms with E-state index >= 15 is 0 Å². The Morgan fingerprint density at radius 3 is 2.38 bits per heavy atom. The van der Waals surface area contributed by atoms with Crippen LogP contribution in [-0.4, -0.2) is 46.4 Å². The minimum atomic E-state index is -1.57. The molecule has 0 heterocycles. The molecule has 0 unspecified atom stereocenters. The van der Waals surface area contributed by atoms with Gasteiger partial charge in [0.15, 0.2) is 6.29 Å². The van der Waals surface area contributed by atoms with Crippen molar-refractivity contribution in [1.29, 1.82) is 0 Å². The molecule has 3 N–H and O–H groups in total. The van der Waals surface area contributed by atoms with Gasteiger partial charge in [-0.2, -0.15) is 0 Å². The number of aliphatic hydroxyl groups is 2. The molecule has 0 fully saturated rings. The number of carboxylic acid groups (broad SMARTS) is 1. The van der Waals surface area contributed by atoms with E-state index in [-0.39, 0.29) is 17.6 Å². The van der Waals surface area contributed by atoms with Crippen LogP contribution in [0.5, 0.6) is 5.75 Å². The van der Waals surface area contributed by atoms with Crippen LogP contribution in [-0.2, 0) is 4.79 Å². The Morgan fingerprint density at radius 2 is 1.81 bits per heavy atom. The second kappa shape index (κ2) is 6.34. The number of rotatable bonds is 6. The topological polar surface area (TPSA) is 104 Å². The van der Waals surface area contributed by atoms with Crippen molar-refractivity contribution in [2.75, 3.05) is 6.61 Å². The number of carboxylic acids is 1. The van der Waals surface area contributed by atoms with Gasteiger partial charge in [-0.15, -0.1) is 0 Å². The SMILES string of the molecule is O=C[C@H](O)[C@@H](O)COc1cc2ccccc2cc1C(=O)O. The summed E-state index contributed by atoms with van der Waals surface area (Å²) in [6.07, 6.45) is -2.80. The lowest BCUT2D eigenvalue weighted by atomic mass is 10.1. The molecule has 0 radical (unpaired) electrons. The maximum absolute atomic E-state index is 11.3. The Balaban J connectivity index is 2.30. The van der Waals surface area contributed by atoms with Crippen molar-refractivity contribution in [2.45, 2.75) is 12.2 Å². The molecule has 2 aromatic carbocycles. The molecule has 0 aliphatic rings. The zero-order valence-corrected chi connectivity index (χ0v) is 11.0. The third kappa shape index (κ3) is 3.36. The van der Waals surface area contributed by atoms with Gasteiger partial charge in [-0.3, -0.25) is 0 Å². The molecule has 21 heavy (non-hydrogen) atoms. The first kappa shape index (κ1) is 15.0. The maximum atomic E-state index is 11.3. The normalized spacial score (nSPS) is 13.6. The van der Waals surface area contributed by atoms with E-state index in [4.69, 9.17) is 9.84 Å². The quantitative estimate of drug-likeness (QED) is 0.681. The molecule has 6 nitrogen and oxygen atoms in total. The van der Waals surface area contributed by atoms with Crippen LogP contribution in [0.15, 0.2) is 36.4 Å². The van der Waals surface area contributed by atoms with Gasteiger partial charge in [-0.1, -0.05) is 24.3 Å². The highest BCUT2D eigenvalue weighted by molar-refractivity contribution is 5.97. The van der Waals surface area contributed by atoms with E-state index < -0.39 is 24.8 Å². The predicted octanol–water partition coefficient (Wildman–Crippen LogP) is 0.837. The maximum Gasteiger partial charge on any atom is 0.339 e. The summed E-state index contributed by atoms with van der Waals surface area (Å²) >= 11 is 0. The molecule has 0 saturated carbocycles. The molecule has 2 aromatic rings. The molecule has 0 bridgehead atoms. The van der Waals surface area contributed by atoms with Gasteiger partial charge in [-0.25, -0.2) is 4.79 Å². The number of hydrogen-bond donors (Lipinski definition) is 3. The number of benzene rings is 2. The van der Waals surface area contributed by atoms with Gasteiger partial charge >= 0.3 is 5.97 Å². The summed E-state index contributed by atoms with van der Waals surface area (Å²) in [6, 6.07) is 10.2. The molecule has 0 spiro atoms. The summed E-state index contributed by atoms with van der Waals surface area (Å²) in [5, 5.41) is 29.3. The molecular formula is C15H14O6. The average molecular weight is 290 g/mol. The second-order valence-corrected chi connectivity index (χ2v) is 4.51. The van der Waals surface area contributed by atoms with Gasteiger partial charge in [0.1, 0.15) is 30.1 Å². The third-order valence-corrected chi connectivity index (χ3v) is 3.02. The molecule has 0 aliphatic heterocycles. The number of carbonyl (C=O) groups is 2. The lowest BCUT2D eigenvalue weighted by Gasteiger charge is -2.15. The van der Waals surface area contributed by atoms with Gasteiger partial charge in [0, 0.05) is 0 Å². The fourth-order valence-electron chi connectivity index (χ4n) is 1.87. The molecule has 6 heteroatoms. The third-order valence-electron chi connectivity index (χ3n) is 3.02. The fraction of sp³-hybridized carbons (Fsp3) is 0.200. The van der Waals surface area contributed by atoms with Crippen molar-refractivity contribution < 1.29 is 29.6 Å². The van der Waals surface area contributed by atoms with E-state index in [9.17, 15) is 19.8 Å². The molecule has 0 amide bonds. The van der Waals surface area contributed by atoms with Crippen LogP contribution in [0.2, 0.25) is 0 Å². The monoisotopic (exact) mass is 290 g/mol. The van der Waals surface area contributed by atoms with Gasteiger partial charge in [0.25, 0.3) is 0 Å². The zero-order chi connectivity index (χ0) is 15.4. The standard InChI is InChI=1S/C15H14O6/c16-7-12(17)13(18)8-21-14-6-10-4-2-1-3-9(10)5-11(14)15(19)20/h1-7,12-13,17-18H,8H2,(H,19,20)/t12-,13-/m0/s1. The highest BCUT2D eigenvalue weighted by Gasteiger charge is 2.18. The second-order valence-electron chi connectivity index (χ2n) is 4.51. The van der Waals surface area contributed by atoms with Crippen molar-refractivity contribution in [3.8, 4) is 5.75 Å². The minimum absolute atomic E-state index is 0.0542. The Bertz CT molecular complexity index is 666. The Morgan fingerprint density at radius 1 is 1.19 bits per heavy atom. The molecular weight excluding hydrogens is 276 g/mol. The van der Waals surface area contributed by atoms with E-state index in [0.717, 1.165) is 10.8 Å². The molecule has 2 atom stereocenters. The fourth-order valence-corrected chi connectivity index (χ4v) is 1.87. The van der Waals surface area contributed by atoms with Crippen LogP contribution in [0, 0.1) is 0 Å². The lowest BCUT2D eigenvalue weighted by molar-refractivity contribution is -0.121. The number of hydrogen-bond acceptors (Lipinski definition) is 5. The molecule has 110 valence electrons. The number of aldehydes is 1. The highest BCUT2D eigenvalue weighted by atomic mass is 16.5. The van der Waals surface area contributed by atoms with Gasteiger partial charge < -0.3 is 24.9 Å². The zero-order valence-electron chi connectivity index (χ0n) is 11.0. The number of ether oxygens (including phenoxy) is 1. The Kier molecular flexibility index (Phi) is 4.52. The Labute approximate surface area is 120 Å². The summed E-state index contributed by atoms with van der Waals surface area (Å²) in [5.41, 5.74) is -0.0542. The van der Waals surface area contributed by atoms with E-state index in [1.807, 2.05) is 0 Å². The van der Waals surface area contributed by atoms with Crippen LogP contribution in [0.3, 0.4) is 0 Å². The first-order valence-electron chi connectivity index (χ1n) is 6.23. The highest BCUT2D eigenvalue weighted by Crippen LogP contribution is 2.26. The van der Waals surface area contributed by atoms with E-state index in [0.29, 0.717) is 0 Å². The molecule has 2 rings (SSSR count). The van der Waals surface area contributed by atoms with Crippen LogP contribution < -0.4 is 4.74 Å². The average Bonchev–Trinajstić information content (AvgIpc) is 2.50. The first-order chi connectivity index (χ1) is 10.0. The van der Waals surface area contributed by atoms with E-state index in [2.05, 4.69) is 0 Å². The van der Waals surface area contributed by atoms with Crippen molar-refractivity contribution in [2.24, 2.45) is 0 Å². The smallest absolute Gasteiger partial charge is 0.339 e. The lowest BCUT2D eigenvalue weighted by Crippen LogP contribution is -2.33. The number of aromatic carboxylic acids is 1. The summed E-state index contributed by atoms with van der Waals surface area (Å²) in [6.45, 7) is -0.390. The van der Waals surface area contributed by atoms with Gasteiger partial charge in [0.2, 0.25) is 0 Å². The minimum Gasteiger partial charge on any atom is -0.490 e.